The Bertz CT molecular complexity index is 750. The van der Waals surface area contributed by atoms with Crippen LogP contribution in [0.15, 0.2) is 47.0 Å². The van der Waals surface area contributed by atoms with Gasteiger partial charge < -0.3 is 10.3 Å². The Kier molecular flexibility index (Phi) is 3.34. The van der Waals surface area contributed by atoms with E-state index in [1.807, 2.05) is 12.1 Å². The molecule has 0 aliphatic rings. The number of benzene rings is 2. The zero-order valence-electron chi connectivity index (χ0n) is 10.2. The molecule has 4 nitrogen and oxygen atoms in total. The van der Waals surface area contributed by atoms with E-state index in [2.05, 4.69) is 10.1 Å². The van der Waals surface area contributed by atoms with Crippen molar-refractivity contribution in [1.29, 1.82) is 0 Å². The van der Waals surface area contributed by atoms with Crippen LogP contribution in [0.4, 0.5) is 5.69 Å². The molecule has 100 valence electrons. The summed E-state index contributed by atoms with van der Waals surface area (Å²) in [6.45, 7) is 0. The number of nitrogen functional groups attached to an aromatic ring is 1. The van der Waals surface area contributed by atoms with Gasteiger partial charge in [0.25, 0.3) is 5.89 Å². The molecule has 3 aromatic rings. The van der Waals surface area contributed by atoms with Crippen LogP contribution in [0.25, 0.3) is 22.8 Å². The molecule has 0 atom stereocenters. The second-order valence-electron chi connectivity index (χ2n) is 4.15. The lowest BCUT2D eigenvalue weighted by Gasteiger charge is -2.00. The fourth-order valence-corrected chi connectivity index (χ4v) is 2.39. The number of hydrogen-bond acceptors (Lipinski definition) is 4. The van der Waals surface area contributed by atoms with E-state index in [0.29, 0.717) is 33.0 Å². The molecule has 0 saturated heterocycles. The molecule has 2 aromatic carbocycles. The maximum atomic E-state index is 6.12. The average Bonchev–Trinajstić information content (AvgIpc) is 2.88. The third-order valence-electron chi connectivity index (χ3n) is 2.75. The van der Waals surface area contributed by atoms with E-state index in [1.165, 1.54) is 0 Å². The summed E-state index contributed by atoms with van der Waals surface area (Å²) in [5.74, 6) is 0.710. The summed E-state index contributed by atoms with van der Waals surface area (Å²) >= 11 is 12.2. The maximum absolute atomic E-state index is 6.12. The predicted octanol–water partition coefficient (Wildman–Crippen LogP) is 4.29. The van der Waals surface area contributed by atoms with Gasteiger partial charge in [-0.15, -0.1) is 0 Å². The first-order chi connectivity index (χ1) is 9.65. The monoisotopic (exact) mass is 305 g/mol. The van der Waals surface area contributed by atoms with Crippen LogP contribution in [-0.2, 0) is 0 Å². The number of hydrogen-bond donors (Lipinski definition) is 1. The van der Waals surface area contributed by atoms with Crippen molar-refractivity contribution in [2.24, 2.45) is 0 Å². The Morgan fingerprint density at radius 2 is 1.70 bits per heavy atom. The van der Waals surface area contributed by atoms with Crippen molar-refractivity contribution in [3.05, 3.63) is 52.5 Å². The van der Waals surface area contributed by atoms with Crippen LogP contribution in [-0.4, -0.2) is 10.1 Å². The lowest BCUT2D eigenvalue weighted by molar-refractivity contribution is 0.432. The van der Waals surface area contributed by atoms with E-state index < -0.39 is 0 Å². The highest BCUT2D eigenvalue weighted by Crippen LogP contribution is 2.33. The molecule has 20 heavy (non-hydrogen) atoms. The summed E-state index contributed by atoms with van der Waals surface area (Å²) in [7, 11) is 0. The molecule has 0 spiro atoms. The van der Waals surface area contributed by atoms with Crippen LogP contribution in [0.5, 0.6) is 0 Å². The van der Waals surface area contributed by atoms with Gasteiger partial charge in [0.2, 0.25) is 5.82 Å². The van der Waals surface area contributed by atoms with Gasteiger partial charge in [0.1, 0.15) is 0 Å². The minimum Gasteiger partial charge on any atom is -0.399 e. The summed E-state index contributed by atoms with van der Waals surface area (Å²) < 4.78 is 5.24. The molecule has 1 aromatic heterocycles. The topological polar surface area (TPSA) is 64.9 Å². The fraction of sp³-hybridized carbons (Fsp3) is 0. The molecule has 2 N–H and O–H groups in total. The molecular formula is C14H9Cl2N3O. The largest absolute Gasteiger partial charge is 0.399 e. The number of rotatable bonds is 2. The van der Waals surface area contributed by atoms with Gasteiger partial charge in [0.05, 0.1) is 15.6 Å². The number of nitrogens with two attached hydrogens (primary N) is 1. The van der Waals surface area contributed by atoms with E-state index in [-0.39, 0.29) is 0 Å². The number of halogens is 2. The lowest BCUT2D eigenvalue weighted by Crippen LogP contribution is -1.86. The first kappa shape index (κ1) is 13.0. The van der Waals surface area contributed by atoms with Crippen molar-refractivity contribution < 1.29 is 4.52 Å². The number of nitrogens with zero attached hydrogens (tertiary/aromatic N) is 2. The van der Waals surface area contributed by atoms with Gasteiger partial charge in [-0.05, 0) is 30.3 Å². The second-order valence-corrected chi connectivity index (χ2v) is 4.96. The Morgan fingerprint density at radius 3 is 2.40 bits per heavy atom. The molecular weight excluding hydrogens is 297 g/mol. The third kappa shape index (κ3) is 2.35. The molecule has 0 bridgehead atoms. The Labute approximate surface area is 125 Å². The minimum absolute atomic E-state index is 0.345. The van der Waals surface area contributed by atoms with Crippen LogP contribution in [0.3, 0.4) is 0 Å². The highest BCUT2D eigenvalue weighted by atomic mass is 35.5. The molecule has 0 fully saturated rings. The summed E-state index contributed by atoms with van der Waals surface area (Å²) in [6, 6.07) is 12.4. The lowest BCUT2D eigenvalue weighted by atomic mass is 10.2. The van der Waals surface area contributed by atoms with Crippen LogP contribution in [0.1, 0.15) is 0 Å². The molecule has 6 heteroatoms. The number of anilines is 1. The summed E-state index contributed by atoms with van der Waals surface area (Å²) in [5, 5.41) is 4.86. The normalized spacial score (nSPS) is 10.7. The molecule has 3 rings (SSSR count). The third-order valence-corrected chi connectivity index (χ3v) is 3.38. The highest BCUT2D eigenvalue weighted by molar-refractivity contribution is 6.38. The van der Waals surface area contributed by atoms with Crippen molar-refractivity contribution in [2.75, 3.05) is 5.73 Å². The van der Waals surface area contributed by atoms with Crippen LogP contribution in [0, 0.1) is 0 Å². The van der Waals surface area contributed by atoms with E-state index in [1.54, 1.807) is 30.3 Å². The predicted molar refractivity (Wildman–Crippen MR) is 79.6 cm³/mol. The van der Waals surface area contributed by atoms with Gasteiger partial charge in [-0.25, -0.2) is 0 Å². The molecule has 0 aliphatic heterocycles. The Morgan fingerprint density at radius 1 is 1.00 bits per heavy atom. The van der Waals surface area contributed by atoms with Crippen molar-refractivity contribution >= 4 is 28.9 Å². The first-order valence-corrected chi connectivity index (χ1v) is 6.55. The van der Waals surface area contributed by atoms with Crippen LogP contribution >= 0.6 is 23.2 Å². The second kappa shape index (κ2) is 5.15. The average molecular weight is 306 g/mol. The zero-order chi connectivity index (χ0) is 14.1. The van der Waals surface area contributed by atoms with Crippen molar-refractivity contribution in [3.63, 3.8) is 0 Å². The smallest absolute Gasteiger partial charge is 0.258 e. The van der Waals surface area contributed by atoms with Crippen molar-refractivity contribution in [3.8, 4) is 22.8 Å². The van der Waals surface area contributed by atoms with Gasteiger partial charge >= 0.3 is 0 Å². The van der Waals surface area contributed by atoms with Gasteiger partial charge in [-0.3, -0.25) is 0 Å². The fourth-order valence-electron chi connectivity index (χ4n) is 1.83. The SMILES string of the molecule is Nc1cccc(-c2nc(-c3c(Cl)cccc3Cl)no2)c1. The summed E-state index contributed by atoms with van der Waals surface area (Å²) in [4.78, 5) is 4.31. The zero-order valence-corrected chi connectivity index (χ0v) is 11.7. The van der Waals surface area contributed by atoms with Gasteiger partial charge in [-0.1, -0.05) is 40.5 Å². The standard InChI is InChI=1S/C14H9Cl2N3O/c15-10-5-2-6-11(16)12(10)13-18-14(20-19-13)8-3-1-4-9(17)7-8/h1-7H,17H2. The molecule has 0 unspecified atom stereocenters. The summed E-state index contributed by atoms with van der Waals surface area (Å²) in [5.41, 5.74) is 7.65. The molecule has 0 amide bonds. The van der Waals surface area contributed by atoms with Gasteiger partial charge in [-0.2, -0.15) is 4.98 Å². The summed E-state index contributed by atoms with van der Waals surface area (Å²) in [6.07, 6.45) is 0. The van der Waals surface area contributed by atoms with Gasteiger partial charge in [0, 0.05) is 11.3 Å². The number of aromatic nitrogens is 2. The van der Waals surface area contributed by atoms with Crippen LogP contribution < -0.4 is 5.73 Å². The Balaban J connectivity index is 2.07. The van der Waals surface area contributed by atoms with Gasteiger partial charge in [0.15, 0.2) is 0 Å². The van der Waals surface area contributed by atoms with Crippen molar-refractivity contribution in [2.45, 2.75) is 0 Å². The molecule has 0 aliphatic carbocycles. The molecule has 1 heterocycles. The maximum Gasteiger partial charge on any atom is 0.258 e. The van der Waals surface area contributed by atoms with Crippen molar-refractivity contribution in [1.82, 2.24) is 10.1 Å². The van der Waals surface area contributed by atoms with Crippen LogP contribution in [0.2, 0.25) is 10.0 Å². The molecule has 0 radical (unpaired) electrons. The first-order valence-electron chi connectivity index (χ1n) is 5.79. The minimum atomic E-state index is 0.345. The van der Waals surface area contributed by atoms with E-state index in [0.717, 1.165) is 5.56 Å². The van der Waals surface area contributed by atoms with E-state index in [4.69, 9.17) is 33.5 Å². The molecule has 0 saturated carbocycles. The highest BCUT2D eigenvalue weighted by Gasteiger charge is 2.16. The van der Waals surface area contributed by atoms with E-state index >= 15 is 0 Å². The Hall–Kier alpha value is -2.04. The van der Waals surface area contributed by atoms with E-state index in [9.17, 15) is 0 Å². The quantitative estimate of drug-likeness (QED) is 0.717.